The number of carbonyl (C=O) groups is 1. The standard InChI is InChI=1S/C26H28FN7O2/c1-15-30-23-20(33(15)2)10-9-18(24(23)34-13-5-6-16(34)14-28)32-26(35)19-11-12-29-25(31-19)22-17(27)7-4-8-21(22)36-3/h4,7-12,16H,5-6,13-14,28H2,1-3H3,(H,32,35)/t16-/m1/s1. The molecular weight excluding hydrogens is 461 g/mol. The van der Waals surface area contributed by atoms with Gasteiger partial charge in [-0.15, -0.1) is 0 Å². The first kappa shape index (κ1) is 23.7. The predicted molar refractivity (Wildman–Crippen MR) is 137 cm³/mol. The zero-order valence-corrected chi connectivity index (χ0v) is 20.5. The molecule has 36 heavy (non-hydrogen) atoms. The summed E-state index contributed by atoms with van der Waals surface area (Å²) in [7, 11) is 3.41. The van der Waals surface area contributed by atoms with E-state index >= 15 is 0 Å². The second-order valence-corrected chi connectivity index (χ2v) is 8.81. The minimum Gasteiger partial charge on any atom is -0.496 e. The van der Waals surface area contributed by atoms with Crippen LogP contribution in [0, 0.1) is 12.7 Å². The summed E-state index contributed by atoms with van der Waals surface area (Å²) in [4.78, 5) is 28.9. The van der Waals surface area contributed by atoms with Crippen LogP contribution >= 0.6 is 0 Å². The van der Waals surface area contributed by atoms with Gasteiger partial charge in [-0.3, -0.25) is 4.79 Å². The average molecular weight is 490 g/mol. The highest BCUT2D eigenvalue weighted by Gasteiger charge is 2.29. The van der Waals surface area contributed by atoms with E-state index in [1.165, 1.54) is 31.5 Å². The number of hydrogen-bond donors (Lipinski definition) is 2. The Morgan fingerprint density at radius 1 is 1.25 bits per heavy atom. The van der Waals surface area contributed by atoms with E-state index < -0.39 is 11.7 Å². The number of carbonyl (C=O) groups excluding carboxylic acids is 1. The molecule has 0 bridgehead atoms. The largest absolute Gasteiger partial charge is 0.496 e. The van der Waals surface area contributed by atoms with Crippen molar-refractivity contribution in [3.63, 3.8) is 0 Å². The maximum Gasteiger partial charge on any atom is 0.274 e. The Kier molecular flexibility index (Phi) is 6.27. The normalized spacial score (nSPS) is 15.5. The number of amides is 1. The summed E-state index contributed by atoms with van der Waals surface area (Å²) in [6.07, 6.45) is 3.42. The number of anilines is 2. The van der Waals surface area contributed by atoms with Crippen molar-refractivity contribution in [2.75, 3.05) is 30.4 Å². The van der Waals surface area contributed by atoms with Crippen LogP contribution in [0.5, 0.6) is 5.75 Å². The van der Waals surface area contributed by atoms with E-state index in [1.54, 1.807) is 6.07 Å². The van der Waals surface area contributed by atoms with E-state index in [4.69, 9.17) is 15.5 Å². The molecule has 0 unspecified atom stereocenters. The third kappa shape index (κ3) is 4.03. The Labute approximate surface area is 208 Å². The van der Waals surface area contributed by atoms with Crippen molar-refractivity contribution in [1.82, 2.24) is 19.5 Å². The van der Waals surface area contributed by atoms with Gasteiger partial charge in [0.05, 0.1) is 29.6 Å². The highest BCUT2D eigenvalue weighted by Crippen LogP contribution is 2.38. The topological polar surface area (TPSA) is 111 Å². The maximum absolute atomic E-state index is 14.6. The lowest BCUT2D eigenvalue weighted by Crippen LogP contribution is -2.36. The van der Waals surface area contributed by atoms with E-state index in [-0.39, 0.29) is 28.9 Å². The van der Waals surface area contributed by atoms with Crippen molar-refractivity contribution >= 4 is 28.3 Å². The molecule has 186 valence electrons. The number of aryl methyl sites for hydroxylation is 2. The second kappa shape index (κ2) is 9.54. The molecule has 1 saturated heterocycles. The van der Waals surface area contributed by atoms with Crippen LogP contribution < -0.4 is 20.7 Å². The molecule has 10 heteroatoms. The summed E-state index contributed by atoms with van der Waals surface area (Å²) in [6, 6.07) is 9.93. The Morgan fingerprint density at radius 2 is 2.08 bits per heavy atom. The SMILES string of the molecule is COc1cccc(F)c1-c1nccc(C(=O)Nc2ccc3c(nc(C)n3C)c2N2CCC[C@@H]2CN)n1. The molecule has 1 aliphatic heterocycles. The molecule has 0 radical (unpaired) electrons. The zero-order valence-electron chi connectivity index (χ0n) is 20.5. The number of halogens is 1. The third-order valence-corrected chi connectivity index (χ3v) is 6.74. The van der Waals surface area contributed by atoms with Crippen molar-refractivity contribution < 1.29 is 13.9 Å². The number of ether oxygens (including phenoxy) is 1. The quantitative estimate of drug-likeness (QED) is 0.425. The lowest BCUT2D eigenvalue weighted by atomic mass is 10.1. The maximum atomic E-state index is 14.6. The average Bonchev–Trinajstić information content (AvgIpc) is 3.47. The molecule has 0 aliphatic carbocycles. The molecule has 3 N–H and O–H groups in total. The number of nitrogens with zero attached hydrogens (tertiary/aromatic N) is 5. The molecule has 1 amide bonds. The Balaban J connectivity index is 1.55. The van der Waals surface area contributed by atoms with Crippen LogP contribution in [0.1, 0.15) is 29.2 Å². The summed E-state index contributed by atoms with van der Waals surface area (Å²) >= 11 is 0. The highest BCUT2D eigenvalue weighted by molar-refractivity contribution is 6.08. The molecule has 2 aromatic heterocycles. The predicted octanol–water partition coefficient (Wildman–Crippen LogP) is 3.67. The Morgan fingerprint density at radius 3 is 2.86 bits per heavy atom. The van der Waals surface area contributed by atoms with Crippen LogP contribution in [0.4, 0.5) is 15.8 Å². The van der Waals surface area contributed by atoms with E-state index in [0.29, 0.717) is 12.2 Å². The van der Waals surface area contributed by atoms with Crippen LogP contribution in [0.3, 0.4) is 0 Å². The van der Waals surface area contributed by atoms with Gasteiger partial charge in [0, 0.05) is 32.4 Å². The molecule has 5 rings (SSSR count). The van der Waals surface area contributed by atoms with Gasteiger partial charge in [0.1, 0.15) is 28.6 Å². The van der Waals surface area contributed by atoms with Crippen molar-refractivity contribution in [1.29, 1.82) is 0 Å². The van der Waals surface area contributed by atoms with E-state index in [9.17, 15) is 9.18 Å². The number of aromatic nitrogens is 4. The molecule has 1 aliphatic rings. The smallest absolute Gasteiger partial charge is 0.274 e. The fourth-order valence-electron chi connectivity index (χ4n) is 4.81. The fourth-order valence-corrected chi connectivity index (χ4v) is 4.81. The molecular formula is C26H28FN7O2. The third-order valence-electron chi connectivity index (χ3n) is 6.74. The molecule has 0 saturated carbocycles. The highest BCUT2D eigenvalue weighted by atomic mass is 19.1. The van der Waals surface area contributed by atoms with Gasteiger partial charge in [0.15, 0.2) is 5.82 Å². The molecule has 0 spiro atoms. The van der Waals surface area contributed by atoms with Gasteiger partial charge < -0.3 is 25.3 Å². The first-order chi connectivity index (χ1) is 17.4. The Hall–Kier alpha value is -4.05. The van der Waals surface area contributed by atoms with Crippen molar-refractivity contribution in [2.24, 2.45) is 12.8 Å². The zero-order chi connectivity index (χ0) is 25.4. The molecule has 1 fully saturated rings. The second-order valence-electron chi connectivity index (χ2n) is 8.81. The molecule has 9 nitrogen and oxygen atoms in total. The van der Waals surface area contributed by atoms with Gasteiger partial charge in [0.25, 0.3) is 5.91 Å². The summed E-state index contributed by atoms with van der Waals surface area (Å²) in [5.74, 6) is 0.249. The van der Waals surface area contributed by atoms with Gasteiger partial charge in [-0.25, -0.2) is 19.3 Å². The lowest BCUT2D eigenvalue weighted by molar-refractivity contribution is 0.102. The van der Waals surface area contributed by atoms with Crippen LogP contribution in [0.2, 0.25) is 0 Å². The van der Waals surface area contributed by atoms with Crippen molar-refractivity contribution in [3.8, 4) is 17.1 Å². The number of nitrogens with two attached hydrogens (primary N) is 1. The van der Waals surface area contributed by atoms with Crippen molar-refractivity contribution in [2.45, 2.75) is 25.8 Å². The van der Waals surface area contributed by atoms with Gasteiger partial charge in [0.2, 0.25) is 0 Å². The molecule has 1 atom stereocenters. The van der Waals surface area contributed by atoms with Gasteiger partial charge in [-0.05, 0) is 50.1 Å². The molecule has 4 aromatic rings. The van der Waals surface area contributed by atoms with Crippen molar-refractivity contribution in [3.05, 3.63) is 59.9 Å². The molecule has 2 aromatic carbocycles. The summed E-state index contributed by atoms with van der Waals surface area (Å²) < 4.78 is 21.9. The van der Waals surface area contributed by atoms with Gasteiger partial charge >= 0.3 is 0 Å². The number of rotatable bonds is 6. The fraction of sp³-hybridized carbons (Fsp3) is 0.308. The summed E-state index contributed by atoms with van der Waals surface area (Å²) in [5.41, 5.74) is 9.53. The van der Waals surface area contributed by atoms with Crippen LogP contribution in [-0.2, 0) is 7.05 Å². The first-order valence-corrected chi connectivity index (χ1v) is 11.8. The van der Waals surface area contributed by atoms with E-state index in [0.717, 1.165) is 41.9 Å². The number of methoxy groups -OCH3 is 1. The summed E-state index contributed by atoms with van der Waals surface area (Å²) in [5, 5.41) is 3.01. The number of nitrogens with one attached hydrogen (secondary N) is 1. The number of imidazole rings is 1. The minimum absolute atomic E-state index is 0.0661. The number of hydrogen-bond acceptors (Lipinski definition) is 7. The monoisotopic (exact) mass is 489 g/mol. The van der Waals surface area contributed by atoms with E-state index in [1.807, 2.05) is 30.7 Å². The number of fused-ring (bicyclic) bond motifs is 1. The minimum atomic E-state index is -0.535. The Bertz CT molecular complexity index is 1450. The van der Waals surface area contributed by atoms with Gasteiger partial charge in [-0.2, -0.15) is 0 Å². The van der Waals surface area contributed by atoms with Gasteiger partial charge in [-0.1, -0.05) is 6.07 Å². The van der Waals surface area contributed by atoms with Crippen LogP contribution in [0.25, 0.3) is 22.4 Å². The summed E-state index contributed by atoms with van der Waals surface area (Å²) in [6.45, 7) is 3.28. The van der Waals surface area contributed by atoms with E-state index in [2.05, 4.69) is 20.2 Å². The first-order valence-electron chi connectivity index (χ1n) is 11.8. The van der Waals surface area contributed by atoms with Crippen LogP contribution in [-0.4, -0.2) is 51.7 Å². The lowest BCUT2D eigenvalue weighted by Gasteiger charge is -2.28. The number of benzene rings is 2. The molecule has 3 heterocycles. The van der Waals surface area contributed by atoms with Crippen LogP contribution in [0.15, 0.2) is 42.6 Å².